The fourth-order valence-electron chi connectivity index (χ4n) is 2.08. The molecule has 0 aliphatic carbocycles. The summed E-state index contributed by atoms with van der Waals surface area (Å²) in [4.78, 5) is 12.9. The number of nitrogens with one attached hydrogen (secondary N) is 2. The standard InChI is InChI=1S/C15H16N2O4S/c1-22-14-8-13-12(20-5-6-21-13)7-11(14)17-15(18)16-9-10-3-2-4-19-10/h2-4,7-8H,5-6,9H2,1H3,(H2,16,17,18). The Morgan fingerprint density at radius 1 is 1.27 bits per heavy atom. The number of carbonyl (C=O) groups is 1. The van der Waals surface area contributed by atoms with Crippen LogP contribution in [0.5, 0.6) is 11.5 Å². The van der Waals surface area contributed by atoms with E-state index >= 15 is 0 Å². The van der Waals surface area contributed by atoms with E-state index < -0.39 is 0 Å². The summed E-state index contributed by atoms with van der Waals surface area (Å²) in [6.45, 7) is 1.38. The number of urea groups is 1. The van der Waals surface area contributed by atoms with E-state index in [1.54, 1.807) is 24.5 Å². The predicted octanol–water partition coefficient (Wildman–Crippen LogP) is 3.09. The normalized spacial score (nSPS) is 12.8. The van der Waals surface area contributed by atoms with Crippen molar-refractivity contribution in [3.8, 4) is 11.5 Å². The van der Waals surface area contributed by atoms with Crippen LogP contribution in [0.2, 0.25) is 0 Å². The zero-order chi connectivity index (χ0) is 15.4. The van der Waals surface area contributed by atoms with Crippen LogP contribution < -0.4 is 20.1 Å². The maximum absolute atomic E-state index is 12.0. The van der Waals surface area contributed by atoms with Gasteiger partial charge in [-0.3, -0.25) is 0 Å². The Labute approximate surface area is 132 Å². The second-order valence-electron chi connectivity index (χ2n) is 4.58. The molecule has 0 atom stereocenters. The molecule has 6 nitrogen and oxygen atoms in total. The van der Waals surface area contributed by atoms with E-state index in [2.05, 4.69) is 10.6 Å². The van der Waals surface area contributed by atoms with Crippen molar-refractivity contribution < 1.29 is 18.7 Å². The molecule has 2 heterocycles. The number of fused-ring (bicyclic) bond motifs is 1. The third kappa shape index (κ3) is 3.30. The first-order chi connectivity index (χ1) is 10.8. The second-order valence-corrected chi connectivity index (χ2v) is 5.43. The summed E-state index contributed by atoms with van der Waals surface area (Å²) >= 11 is 1.53. The predicted molar refractivity (Wildman–Crippen MR) is 83.8 cm³/mol. The third-order valence-electron chi connectivity index (χ3n) is 3.12. The summed E-state index contributed by atoms with van der Waals surface area (Å²) in [5.74, 6) is 2.05. The molecule has 0 fully saturated rings. The van der Waals surface area contributed by atoms with Gasteiger partial charge in [0.1, 0.15) is 19.0 Å². The maximum Gasteiger partial charge on any atom is 0.319 e. The number of amides is 2. The second kappa shape index (κ2) is 6.65. The first-order valence-electron chi connectivity index (χ1n) is 6.81. The molecule has 1 aliphatic heterocycles. The monoisotopic (exact) mass is 320 g/mol. The molecule has 0 bridgehead atoms. The molecule has 22 heavy (non-hydrogen) atoms. The SMILES string of the molecule is CSc1cc2c(cc1NC(=O)NCc1ccco1)OCCO2. The lowest BCUT2D eigenvalue weighted by Gasteiger charge is -2.21. The van der Waals surface area contributed by atoms with Gasteiger partial charge in [0.05, 0.1) is 18.5 Å². The van der Waals surface area contributed by atoms with Crippen molar-refractivity contribution in [3.05, 3.63) is 36.3 Å². The van der Waals surface area contributed by atoms with Crippen LogP contribution in [0.25, 0.3) is 0 Å². The molecule has 0 saturated heterocycles. The lowest BCUT2D eigenvalue weighted by atomic mass is 10.2. The molecule has 7 heteroatoms. The van der Waals surface area contributed by atoms with Gasteiger partial charge in [0.25, 0.3) is 0 Å². The number of ether oxygens (including phenoxy) is 2. The average molecular weight is 320 g/mol. The molecular weight excluding hydrogens is 304 g/mol. The number of carbonyl (C=O) groups excluding carboxylic acids is 1. The van der Waals surface area contributed by atoms with Gasteiger partial charge in [-0.1, -0.05) is 0 Å². The first-order valence-corrected chi connectivity index (χ1v) is 8.03. The van der Waals surface area contributed by atoms with E-state index in [9.17, 15) is 4.79 Å². The number of furan rings is 1. The van der Waals surface area contributed by atoms with Gasteiger partial charge >= 0.3 is 6.03 Å². The van der Waals surface area contributed by atoms with Crippen molar-refractivity contribution in [1.82, 2.24) is 5.32 Å². The van der Waals surface area contributed by atoms with Gasteiger partial charge in [0.2, 0.25) is 0 Å². The Hall–Kier alpha value is -2.28. The van der Waals surface area contributed by atoms with Gasteiger partial charge < -0.3 is 24.5 Å². The van der Waals surface area contributed by atoms with E-state index in [4.69, 9.17) is 13.9 Å². The molecule has 0 radical (unpaired) electrons. The fourth-order valence-corrected chi connectivity index (χ4v) is 2.64. The molecule has 1 aliphatic rings. The minimum atomic E-state index is -0.302. The summed E-state index contributed by atoms with van der Waals surface area (Å²) in [5.41, 5.74) is 0.689. The molecule has 1 aromatic carbocycles. The molecule has 116 valence electrons. The number of hydrogen-bond donors (Lipinski definition) is 2. The van der Waals surface area contributed by atoms with Crippen LogP contribution in [-0.2, 0) is 6.54 Å². The van der Waals surface area contributed by atoms with E-state index in [1.165, 1.54) is 11.8 Å². The van der Waals surface area contributed by atoms with Crippen molar-refractivity contribution >= 4 is 23.5 Å². The Bertz CT molecular complexity index is 658. The number of anilines is 1. The van der Waals surface area contributed by atoms with Crippen molar-refractivity contribution in [2.24, 2.45) is 0 Å². The largest absolute Gasteiger partial charge is 0.486 e. The first kappa shape index (κ1) is 14.6. The summed E-state index contributed by atoms with van der Waals surface area (Å²) < 4.78 is 16.3. The molecular formula is C15H16N2O4S. The molecule has 0 unspecified atom stereocenters. The van der Waals surface area contributed by atoms with Crippen molar-refractivity contribution in [2.45, 2.75) is 11.4 Å². The Kier molecular flexibility index (Phi) is 4.43. The van der Waals surface area contributed by atoms with Gasteiger partial charge in [-0.05, 0) is 24.5 Å². The van der Waals surface area contributed by atoms with E-state index in [0.29, 0.717) is 42.7 Å². The minimum absolute atomic E-state index is 0.302. The molecule has 0 spiro atoms. The fraction of sp³-hybridized carbons (Fsp3) is 0.267. The van der Waals surface area contributed by atoms with Gasteiger partial charge in [0, 0.05) is 11.0 Å². The summed E-state index contributed by atoms with van der Waals surface area (Å²) in [7, 11) is 0. The van der Waals surface area contributed by atoms with Gasteiger partial charge in [-0.2, -0.15) is 0 Å². The number of thioether (sulfide) groups is 1. The Balaban J connectivity index is 1.69. The van der Waals surface area contributed by atoms with Crippen molar-refractivity contribution in [2.75, 3.05) is 24.8 Å². The zero-order valence-corrected chi connectivity index (χ0v) is 12.9. The average Bonchev–Trinajstić information content (AvgIpc) is 3.05. The lowest BCUT2D eigenvalue weighted by Crippen LogP contribution is -2.28. The highest BCUT2D eigenvalue weighted by Crippen LogP contribution is 2.39. The summed E-state index contributed by atoms with van der Waals surface area (Å²) in [5, 5.41) is 5.57. The quantitative estimate of drug-likeness (QED) is 0.847. The Morgan fingerprint density at radius 3 is 2.73 bits per heavy atom. The minimum Gasteiger partial charge on any atom is -0.486 e. The molecule has 1 aromatic heterocycles. The molecule has 2 amide bonds. The van der Waals surface area contributed by atoms with Crippen LogP contribution in [0.15, 0.2) is 39.8 Å². The van der Waals surface area contributed by atoms with Crippen LogP contribution in [0, 0.1) is 0 Å². The van der Waals surface area contributed by atoms with Gasteiger partial charge in [-0.25, -0.2) is 4.79 Å². The van der Waals surface area contributed by atoms with E-state index in [-0.39, 0.29) is 6.03 Å². The van der Waals surface area contributed by atoms with Crippen molar-refractivity contribution in [1.29, 1.82) is 0 Å². The topological polar surface area (TPSA) is 72.7 Å². The van der Waals surface area contributed by atoms with Gasteiger partial charge in [0.15, 0.2) is 11.5 Å². The van der Waals surface area contributed by atoms with Gasteiger partial charge in [-0.15, -0.1) is 11.8 Å². The van der Waals surface area contributed by atoms with Crippen LogP contribution in [0.3, 0.4) is 0 Å². The highest BCUT2D eigenvalue weighted by molar-refractivity contribution is 7.98. The number of benzene rings is 1. The molecule has 3 rings (SSSR count). The van der Waals surface area contributed by atoms with Crippen LogP contribution >= 0.6 is 11.8 Å². The van der Waals surface area contributed by atoms with E-state index in [1.807, 2.05) is 12.3 Å². The van der Waals surface area contributed by atoms with Crippen molar-refractivity contribution in [3.63, 3.8) is 0 Å². The van der Waals surface area contributed by atoms with Crippen LogP contribution in [-0.4, -0.2) is 25.5 Å². The molecule has 0 saturated carbocycles. The van der Waals surface area contributed by atoms with Crippen LogP contribution in [0.1, 0.15) is 5.76 Å². The maximum atomic E-state index is 12.0. The molecule has 2 aromatic rings. The molecule has 2 N–H and O–H groups in total. The zero-order valence-electron chi connectivity index (χ0n) is 12.0. The summed E-state index contributed by atoms with van der Waals surface area (Å²) in [6.07, 6.45) is 3.51. The van der Waals surface area contributed by atoms with E-state index in [0.717, 1.165) is 4.90 Å². The lowest BCUT2D eigenvalue weighted by molar-refractivity contribution is 0.171. The smallest absolute Gasteiger partial charge is 0.319 e. The summed E-state index contributed by atoms with van der Waals surface area (Å²) in [6, 6.07) is 6.94. The van der Waals surface area contributed by atoms with Crippen LogP contribution in [0.4, 0.5) is 10.5 Å². The highest BCUT2D eigenvalue weighted by Gasteiger charge is 2.16. The third-order valence-corrected chi connectivity index (χ3v) is 3.89. The Morgan fingerprint density at radius 2 is 2.05 bits per heavy atom. The highest BCUT2D eigenvalue weighted by atomic mass is 32.2. The number of hydrogen-bond acceptors (Lipinski definition) is 5. The number of rotatable bonds is 4.